The summed E-state index contributed by atoms with van der Waals surface area (Å²) in [7, 11) is 0. The second-order valence-electron chi connectivity index (χ2n) is 4.28. The van der Waals surface area contributed by atoms with Crippen molar-refractivity contribution in [2.45, 2.75) is 39.5 Å². The molecule has 0 aliphatic heterocycles. The predicted molar refractivity (Wildman–Crippen MR) is 83.2 cm³/mol. The molecular weight excluding hydrogens is 252 g/mol. The molecule has 0 amide bonds. The van der Waals surface area contributed by atoms with Crippen molar-refractivity contribution in [3.05, 3.63) is 68.6 Å². The second-order valence-corrected chi connectivity index (χ2v) is 4.28. The summed E-state index contributed by atoms with van der Waals surface area (Å²) in [4.78, 5) is 28.1. The van der Waals surface area contributed by atoms with Crippen LogP contribution in [-0.4, -0.2) is 9.97 Å². The van der Waals surface area contributed by atoms with Crippen LogP contribution in [0.3, 0.4) is 0 Å². The first-order valence-corrected chi connectivity index (χ1v) is 6.98. The summed E-state index contributed by atoms with van der Waals surface area (Å²) in [6.45, 7) is 9.59. The van der Waals surface area contributed by atoms with E-state index in [1.165, 1.54) is 0 Å². The fourth-order valence-electron chi connectivity index (χ4n) is 2.43. The minimum absolute atomic E-state index is 0.0937. The smallest absolute Gasteiger partial charge is 0.310 e. The highest BCUT2D eigenvalue weighted by Crippen LogP contribution is 2.35. The molecule has 2 rings (SSSR count). The Morgan fingerprint density at radius 1 is 1.30 bits per heavy atom. The Bertz CT molecular complexity index is 633. The summed E-state index contributed by atoms with van der Waals surface area (Å²) in [6.07, 6.45) is 9.08. The first-order valence-electron chi connectivity index (χ1n) is 6.98. The van der Waals surface area contributed by atoms with Gasteiger partial charge in [0.15, 0.2) is 0 Å². The van der Waals surface area contributed by atoms with Gasteiger partial charge in [0, 0.05) is 17.2 Å². The van der Waals surface area contributed by atoms with Crippen LogP contribution < -0.4 is 11.2 Å². The number of fused-ring (bicyclic) bond motifs is 1. The third kappa shape index (κ3) is 3.26. The highest BCUT2D eigenvalue weighted by Gasteiger charge is 2.27. The fraction of sp³-hybridized carbons (Fsp3) is 0.375. The molecule has 1 unspecified atom stereocenters. The molecule has 4 heteroatoms. The molecule has 0 spiro atoms. The quantitative estimate of drug-likeness (QED) is 0.832. The molecule has 1 aliphatic rings. The van der Waals surface area contributed by atoms with E-state index in [0.717, 1.165) is 17.7 Å². The van der Waals surface area contributed by atoms with Crippen LogP contribution >= 0.6 is 0 Å². The van der Waals surface area contributed by atoms with Crippen molar-refractivity contribution < 1.29 is 0 Å². The van der Waals surface area contributed by atoms with Crippen molar-refractivity contribution in [1.29, 1.82) is 0 Å². The van der Waals surface area contributed by atoms with Crippen molar-refractivity contribution in [3.8, 4) is 0 Å². The average molecular weight is 274 g/mol. The topological polar surface area (TPSA) is 65.7 Å². The van der Waals surface area contributed by atoms with Gasteiger partial charge < -0.3 is 4.98 Å². The van der Waals surface area contributed by atoms with Gasteiger partial charge in [0.25, 0.3) is 5.56 Å². The number of nitrogens with one attached hydrogen (secondary N) is 2. The summed E-state index contributed by atoms with van der Waals surface area (Å²) in [5, 5.41) is 0. The van der Waals surface area contributed by atoms with Crippen LogP contribution in [0.4, 0.5) is 0 Å². The van der Waals surface area contributed by atoms with Crippen LogP contribution in [0.2, 0.25) is 0 Å². The van der Waals surface area contributed by atoms with Crippen LogP contribution in [-0.2, 0) is 6.42 Å². The van der Waals surface area contributed by atoms with Gasteiger partial charge in [-0.2, -0.15) is 0 Å². The van der Waals surface area contributed by atoms with E-state index in [0.29, 0.717) is 12.0 Å². The van der Waals surface area contributed by atoms with Gasteiger partial charge in [-0.3, -0.25) is 9.78 Å². The fourth-order valence-corrected chi connectivity index (χ4v) is 2.43. The molecule has 1 aliphatic carbocycles. The van der Waals surface area contributed by atoms with Gasteiger partial charge in [-0.25, -0.2) is 4.79 Å². The lowest BCUT2D eigenvalue weighted by atomic mass is 9.96. The minimum atomic E-state index is -0.436. The van der Waals surface area contributed by atoms with Crippen molar-refractivity contribution in [3.63, 3.8) is 0 Å². The van der Waals surface area contributed by atoms with Gasteiger partial charge in [0.1, 0.15) is 0 Å². The number of rotatable bonds is 3. The Labute approximate surface area is 119 Å². The van der Waals surface area contributed by atoms with Crippen LogP contribution in [0.25, 0.3) is 0 Å². The van der Waals surface area contributed by atoms with E-state index in [9.17, 15) is 9.59 Å². The molecule has 0 radical (unpaired) electrons. The Hall–Kier alpha value is -2.10. The summed E-state index contributed by atoms with van der Waals surface area (Å²) < 4.78 is 0. The van der Waals surface area contributed by atoms with E-state index in [2.05, 4.69) is 16.5 Å². The summed E-state index contributed by atoms with van der Waals surface area (Å²) >= 11 is 0. The van der Waals surface area contributed by atoms with E-state index < -0.39 is 5.69 Å². The second kappa shape index (κ2) is 7.48. The molecule has 1 atom stereocenters. The zero-order valence-corrected chi connectivity index (χ0v) is 12.3. The standard InChI is InChI=1S/C14H16N2O2.C2H6/c1-3-5-6-9(4-2)10-7-8-11-12(10)15-14(18)16-13(11)17;1-2/h3-6,10H,1,7-8H2,2H3,(H2,15,16,17,18);1-2H3/b6-5-,9-4+;. The minimum Gasteiger partial charge on any atom is -0.310 e. The third-order valence-electron chi connectivity index (χ3n) is 3.27. The van der Waals surface area contributed by atoms with E-state index in [4.69, 9.17) is 0 Å². The third-order valence-corrected chi connectivity index (χ3v) is 3.27. The molecule has 4 nitrogen and oxygen atoms in total. The van der Waals surface area contributed by atoms with Gasteiger partial charge in [-0.05, 0) is 25.3 Å². The van der Waals surface area contributed by atoms with Crippen LogP contribution in [0, 0.1) is 0 Å². The largest absolute Gasteiger partial charge is 0.325 e. The molecule has 0 aromatic carbocycles. The molecule has 1 aromatic rings. The maximum absolute atomic E-state index is 11.7. The molecule has 0 bridgehead atoms. The molecule has 1 heterocycles. The maximum atomic E-state index is 11.7. The van der Waals surface area contributed by atoms with Gasteiger partial charge in [0.05, 0.1) is 0 Å². The van der Waals surface area contributed by atoms with Crippen molar-refractivity contribution >= 4 is 0 Å². The Balaban J connectivity index is 0.000000956. The van der Waals surface area contributed by atoms with Crippen LogP contribution in [0.15, 0.2) is 46.0 Å². The van der Waals surface area contributed by atoms with Crippen LogP contribution in [0.1, 0.15) is 44.4 Å². The van der Waals surface area contributed by atoms with Gasteiger partial charge >= 0.3 is 5.69 Å². The number of aromatic nitrogens is 2. The molecule has 0 fully saturated rings. The van der Waals surface area contributed by atoms with Crippen molar-refractivity contribution in [2.75, 3.05) is 0 Å². The number of hydrogen-bond donors (Lipinski definition) is 2. The molecule has 0 saturated carbocycles. The average Bonchev–Trinajstić information content (AvgIpc) is 2.86. The monoisotopic (exact) mass is 274 g/mol. The van der Waals surface area contributed by atoms with E-state index in [-0.39, 0.29) is 11.5 Å². The van der Waals surface area contributed by atoms with Gasteiger partial charge in [-0.1, -0.05) is 44.7 Å². The number of hydrogen-bond acceptors (Lipinski definition) is 2. The van der Waals surface area contributed by atoms with Crippen LogP contribution in [0.5, 0.6) is 0 Å². The summed E-state index contributed by atoms with van der Waals surface area (Å²) in [5.74, 6) is 0.0937. The highest BCUT2D eigenvalue weighted by atomic mass is 16.2. The normalized spacial score (nSPS) is 17.6. The number of allylic oxidation sites excluding steroid dienone is 5. The van der Waals surface area contributed by atoms with Gasteiger partial charge in [0.2, 0.25) is 0 Å². The van der Waals surface area contributed by atoms with E-state index in [1.807, 2.05) is 39.0 Å². The lowest BCUT2D eigenvalue weighted by molar-refractivity contribution is 0.766. The maximum Gasteiger partial charge on any atom is 0.325 e. The van der Waals surface area contributed by atoms with Crippen molar-refractivity contribution in [1.82, 2.24) is 9.97 Å². The Kier molecular flexibility index (Phi) is 5.97. The first kappa shape index (κ1) is 16.0. The molecule has 1 aromatic heterocycles. The van der Waals surface area contributed by atoms with E-state index in [1.54, 1.807) is 6.08 Å². The molecule has 20 heavy (non-hydrogen) atoms. The highest BCUT2D eigenvalue weighted by molar-refractivity contribution is 5.39. The van der Waals surface area contributed by atoms with E-state index >= 15 is 0 Å². The summed E-state index contributed by atoms with van der Waals surface area (Å²) in [6, 6.07) is 0. The SMILES string of the molecule is C=C/C=C\C(=C/C)C1CCc2c1[nH]c(=O)[nH]c2=O.CC. The Morgan fingerprint density at radius 2 is 2.00 bits per heavy atom. The number of aromatic amines is 2. The number of H-pyrrole nitrogens is 2. The zero-order chi connectivity index (χ0) is 15.1. The first-order chi connectivity index (χ1) is 9.67. The lowest BCUT2D eigenvalue weighted by Crippen LogP contribution is -2.26. The molecule has 0 saturated heterocycles. The summed E-state index contributed by atoms with van der Waals surface area (Å²) in [5.41, 5.74) is 1.85. The van der Waals surface area contributed by atoms with Gasteiger partial charge in [-0.15, -0.1) is 0 Å². The lowest BCUT2D eigenvalue weighted by Gasteiger charge is -2.11. The predicted octanol–water partition coefficient (Wildman–Crippen LogP) is 2.81. The zero-order valence-electron chi connectivity index (χ0n) is 12.3. The molecule has 108 valence electrons. The molecule has 2 N–H and O–H groups in total. The molecular formula is C16H22N2O2. The van der Waals surface area contributed by atoms with Crippen molar-refractivity contribution in [2.24, 2.45) is 0 Å². The Morgan fingerprint density at radius 3 is 2.60 bits per heavy atom.